The van der Waals surface area contributed by atoms with Gasteiger partial charge in [0, 0.05) is 23.9 Å². The predicted octanol–water partition coefficient (Wildman–Crippen LogP) is 4.92. The van der Waals surface area contributed by atoms with Gasteiger partial charge in [0.2, 0.25) is 0 Å². The van der Waals surface area contributed by atoms with Crippen LogP contribution in [-0.2, 0) is 10.2 Å². The molecule has 2 saturated carbocycles. The van der Waals surface area contributed by atoms with Crippen molar-refractivity contribution in [1.82, 2.24) is 14.4 Å². The average molecular weight is 469 g/mol. The Kier molecular flexibility index (Phi) is 4.71. The summed E-state index contributed by atoms with van der Waals surface area (Å²) < 4.78 is 40.1. The van der Waals surface area contributed by atoms with Gasteiger partial charge in [0.1, 0.15) is 22.9 Å². The number of alkyl halides is 2. The first-order valence-electron chi connectivity index (χ1n) is 11.6. The van der Waals surface area contributed by atoms with E-state index in [9.17, 15) is 13.6 Å². The van der Waals surface area contributed by atoms with E-state index in [1.807, 2.05) is 17.5 Å². The van der Waals surface area contributed by atoms with Crippen molar-refractivity contribution in [2.45, 2.75) is 63.1 Å². The molecular weight excluding hydrogens is 442 g/mol. The molecule has 5 heterocycles. The Morgan fingerprint density at radius 3 is 2.74 bits per heavy atom. The SMILES string of the molecule is C[C@@H](Oc1cc2nc(C34COC(C)(C3)C4)cn2cc1C(=O)Nc1cccc(C(F)F)n1)C1CC1. The van der Waals surface area contributed by atoms with Crippen LogP contribution >= 0.6 is 0 Å². The monoisotopic (exact) mass is 468 g/mol. The van der Waals surface area contributed by atoms with Crippen molar-refractivity contribution in [2.24, 2.45) is 5.92 Å². The fourth-order valence-corrected chi connectivity index (χ4v) is 5.38. The van der Waals surface area contributed by atoms with Crippen molar-refractivity contribution >= 4 is 17.4 Å². The molecule has 0 spiro atoms. The zero-order valence-corrected chi connectivity index (χ0v) is 19.1. The molecule has 0 aromatic carbocycles. The highest BCUT2D eigenvalue weighted by Crippen LogP contribution is 2.58. The smallest absolute Gasteiger partial charge is 0.280 e. The molecule has 3 aromatic heterocycles. The van der Waals surface area contributed by atoms with Crippen molar-refractivity contribution in [3.8, 4) is 5.75 Å². The van der Waals surface area contributed by atoms with E-state index >= 15 is 0 Å². The van der Waals surface area contributed by atoms with E-state index in [0.717, 1.165) is 31.4 Å². The van der Waals surface area contributed by atoms with E-state index in [0.29, 0.717) is 29.5 Å². The van der Waals surface area contributed by atoms with Crippen LogP contribution in [0, 0.1) is 5.92 Å². The van der Waals surface area contributed by atoms with Gasteiger partial charge >= 0.3 is 0 Å². The van der Waals surface area contributed by atoms with Gasteiger partial charge in [0.25, 0.3) is 12.3 Å². The number of aromatic nitrogens is 3. The van der Waals surface area contributed by atoms with Crippen LogP contribution < -0.4 is 10.1 Å². The van der Waals surface area contributed by atoms with Gasteiger partial charge in [-0.05, 0) is 57.6 Å². The van der Waals surface area contributed by atoms with Crippen LogP contribution in [-0.4, -0.2) is 38.6 Å². The summed E-state index contributed by atoms with van der Waals surface area (Å²) in [5, 5.41) is 2.64. The number of nitrogens with zero attached hydrogens (tertiary/aromatic N) is 3. The predicted molar refractivity (Wildman–Crippen MR) is 120 cm³/mol. The topological polar surface area (TPSA) is 77.8 Å². The third-order valence-electron chi connectivity index (χ3n) is 7.30. The summed E-state index contributed by atoms with van der Waals surface area (Å²) in [4.78, 5) is 21.9. The van der Waals surface area contributed by atoms with Gasteiger partial charge in [-0.2, -0.15) is 0 Å². The minimum atomic E-state index is -2.72. The number of imidazole rings is 1. The number of fused-ring (bicyclic) bond motifs is 2. The van der Waals surface area contributed by atoms with E-state index in [4.69, 9.17) is 14.5 Å². The fourth-order valence-electron chi connectivity index (χ4n) is 5.38. The van der Waals surface area contributed by atoms with Crippen LogP contribution in [0.4, 0.5) is 14.6 Å². The molecule has 1 amide bonds. The van der Waals surface area contributed by atoms with Crippen molar-refractivity contribution in [2.75, 3.05) is 11.9 Å². The van der Waals surface area contributed by atoms with E-state index < -0.39 is 18.0 Å². The second kappa shape index (κ2) is 7.46. The van der Waals surface area contributed by atoms with E-state index in [1.54, 1.807) is 12.3 Å². The summed E-state index contributed by atoms with van der Waals surface area (Å²) >= 11 is 0. The molecule has 9 heteroatoms. The Morgan fingerprint density at radius 2 is 2.06 bits per heavy atom. The van der Waals surface area contributed by atoms with Crippen molar-refractivity contribution in [3.63, 3.8) is 0 Å². The zero-order chi connectivity index (χ0) is 23.7. The average Bonchev–Trinajstić information content (AvgIpc) is 3.35. The molecular formula is C25H26F2N4O3. The highest BCUT2D eigenvalue weighted by atomic mass is 19.3. The van der Waals surface area contributed by atoms with Crippen LogP contribution in [0.3, 0.4) is 0 Å². The van der Waals surface area contributed by atoms with Crippen LogP contribution in [0.1, 0.15) is 67.7 Å². The van der Waals surface area contributed by atoms with Gasteiger partial charge in [0.15, 0.2) is 0 Å². The number of carbonyl (C=O) groups excluding carboxylic acids is 1. The number of carbonyl (C=O) groups is 1. The van der Waals surface area contributed by atoms with Crippen LogP contribution in [0.2, 0.25) is 0 Å². The lowest BCUT2D eigenvalue weighted by molar-refractivity contribution is 0.0154. The molecule has 1 N–H and O–H groups in total. The number of hydrogen-bond donors (Lipinski definition) is 1. The molecule has 178 valence electrons. The maximum atomic E-state index is 13.2. The van der Waals surface area contributed by atoms with E-state index in [2.05, 4.69) is 17.2 Å². The molecule has 0 radical (unpaired) electrons. The van der Waals surface area contributed by atoms with Gasteiger partial charge in [-0.3, -0.25) is 4.79 Å². The van der Waals surface area contributed by atoms with Gasteiger partial charge in [-0.1, -0.05) is 6.07 Å². The van der Waals surface area contributed by atoms with Crippen LogP contribution in [0.5, 0.6) is 5.75 Å². The maximum Gasteiger partial charge on any atom is 0.280 e. The summed E-state index contributed by atoms with van der Waals surface area (Å²) in [5.74, 6) is 0.470. The van der Waals surface area contributed by atoms with Gasteiger partial charge in [-0.15, -0.1) is 0 Å². The molecule has 3 aromatic rings. The van der Waals surface area contributed by atoms with Crippen LogP contribution in [0.25, 0.3) is 5.65 Å². The lowest BCUT2D eigenvalue weighted by Gasteiger charge is -2.41. The third-order valence-corrected chi connectivity index (χ3v) is 7.30. The Morgan fingerprint density at radius 1 is 1.26 bits per heavy atom. The summed E-state index contributed by atoms with van der Waals surface area (Å²) in [6.45, 7) is 4.77. The Hall–Kier alpha value is -3.07. The first-order valence-corrected chi connectivity index (χ1v) is 11.6. The number of rotatable bonds is 7. The van der Waals surface area contributed by atoms with Gasteiger partial charge in [0.05, 0.1) is 29.6 Å². The molecule has 2 aliphatic carbocycles. The highest BCUT2D eigenvalue weighted by Gasteiger charge is 2.61. The normalized spacial score (nSPS) is 26.5. The second-order valence-electron chi connectivity index (χ2n) is 10.2. The number of ether oxygens (including phenoxy) is 2. The van der Waals surface area contributed by atoms with Crippen molar-refractivity contribution < 1.29 is 23.0 Å². The standard InChI is InChI=1S/C25H26F2N4O3/c1-14(15-6-7-15)34-18-8-21-29-19(25-11-24(2,12-25)33-13-25)10-31(21)9-16(18)23(32)30-20-5-3-4-17(28-20)22(26)27/h3-5,8-10,14-15,22H,6-7,11-13H2,1-2H3,(H,28,30,32)/t14-,24?,25?/m1/s1. The summed E-state index contributed by atoms with van der Waals surface area (Å²) in [7, 11) is 0. The second-order valence-corrected chi connectivity index (χ2v) is 10.2. The quantitative estimate of drug-likeness (QED) is 0.533. The van der Waals surface area contributed by atoms with Crippen molar-refractivity contribution in [3.05, 3.63) is 53.6 Å². The summed E-state index contributed by atoms with van der Waals surface area (Å²) in [5.41, 5.74) is 1.41. The van der Waals surface area contributed by atoms with Crippen LogP contribution in [0.15, 0.2) is 36.7 Å². The number of anilines is 1. The number of hydrogen-bond acceptors (Lipinski definition) is 5. The Balaban J connectivity index is 1.35. The first-order chi connectivity index (χ1) is 16.2. The van der Waals surface area contributed by atoms with Gasteiger partial charge in [-0.25, -0.2) is 18.7 Å². The molecule has 7 nitrogen and oxygen atoms in total. The van der Waals surface area contributed by atoms with E-state index in [-0.39, 0.29) is 22.9 Å². The molecule has 4 aliphatic rings. The largest absolute Gasteiger partial charge is 0.489 e. The molecule has 2 aliphatic heterocycles. The maximum absolute atomic E-state index is 13.2. The molecule has 34 heavy (non-hydrogen) atoms. The Labute approximate surface area is 195 Å². The molecule has 0 unspecified atom stereocenters. The van der Waals surface area contributed by atoms with E-state index in [1.165, 1.54) is 18.2 Å². The lowest BCUT2D eigenvalue weighted by Crippen LogP contribution is -2.45. The van der Waals surface area contributed by atoms with Crippen molar-refractivity contribution in [1.29, 1.82) is 0 Å². The van der Waals surface area contributed by atoms with Gasteiger partial charge < -0.3 is 19.2 Å². The molecule has 1 atom stereocenters. The minimum Gasteiger partial charge on any atom is -0.489 e. The Bertz CT molecular complexity index is 1280. The number of pyridine rings is 2. The number of amides is 1. The number of halogens is 2. The summed E-state index contributed by atoms with van der Waals surface area (Å²) in [6.07, 6.45) is 4.95. The molecule has 4 fully saturated rings. The minimum absolute atomic E-state index is 0.0436. The first kappa shape index (κ1) is 21.5. The third kappa shape index (κ3) is 3.62. The molecule has 2 bridgehead atoms. The lowest BCUT2D eigenvalue weighted by atomic mass is 9.62. The summed E-state index contributed by atoms with van der Waals surface area (Å²) in [6, 6.07) is 5.93. The molecule has 7 rings (SSSR count). The fraction of sp³-hybridized carbons (Fsp3) is 0.480. The highest BCUT2D eigenvalue weighted by molar-refractivity contribution is 6.05. The number of nitrogens with one attached hydrogen (secondary N) is 1. The molecule has 2 saturated heterocycles. The zero-order valence-electron chi connectivity index (χ0n) is 19.1.